The molecule has 3 heterocycles. The van der Waals surface area contributed by atoms with Crippen molar-refractivity contribution in [2.24, 2.45) is 11.8 Å². The smallest absolute Gasteiger partial charge is 0.295 e. The second-order valence-corrected chi connectivity index (χ2v) is 6.37. The molecule has 0 saturated carbocycles. The zero-order valence-corrected chi connectivity index (χ0v) is 13.4. The Kier molecular flexibility index (Phi) is 3.26. The Hall–Kier alpha value is -2.89. The van der Waals surface area contributed by atoms with Crippen LogP contribution in [0.1, 0.15) is 25.6 Å². The first-order valence-corrected chi connectivity index (χ1v) is 7.92. The number of aromatic amines is 1. The molecule has 0 aliphatic carbocycles. The van der Waals surface area contributed by atoms with Crippen molar-refractivity contribution in [2.45, 2.75) is 19.9 Å². The molecular formula is C18H17N3O3. The SMILES string of the molecule is CC(C)C1C(=O)C(=O)N(c2ccc3nc[nH]c3c2)C1c1ccco1. The number of H-pyrrole nitrogens is 1. The number of anilines is 1. The van der Waals surface area contributed by atoms with Gasteiger partial charge in [-0.1, -0.05) is 13.8 Å². The Labute approximate surface area is 138 Å². The molecule has 1 amide bonds. The van der Waals surface area contributed by atoms with Crippen LogP contribution in [-0.2, 0) is 9.59 Å². The van der Waals surface area contributed by atoms with Gasteiger partial charge in [-0.15, -0.1) is 0 Å². The molecule has 1 N–H and O–H groups in total. The monoisotopic (exact) mass is 323 g/mol. The van der Waals surface area contributed by atoms with Crippen LogP contribution in [0.25, 0.3) is 11.0 Å². The van der Waals surface area contributed by atoms with Crippen molar-refractivity contribution >= 4 is 28.4 Å². The Morgan fingerprint density at radius 2 is 2.08 bits per heavy atom. The van der Waals surface area contributed by atoms with Crippen molar-refractivity contribution in [1.29, 1.82) is 0 Å². The standard InChI is InChI=1S/C18H17N3O3/c1-10(2)15-16(14-4-3-7-24-14)21(18(23)17(15)22)11-5-6-12-13(8-11)20-9-19-12/h3-10,15-16H,1-2H3,(H,19,20). The highest BCUT2D eigenvalue weighted by atomic mass is 16.3. The van der Waals surface area contributed by atoms with Crippen LogP contribution in [0.2, 0.25) is 0 Å². The van der Waals surface area contributed by atoms with E-state index >= 15 is 0 Å². The number of amides is 1. The average Bonchev–Trinajstić information content (AvgIpc) is 3.27. The van der Waals surface area contributed by atoms with E-state index in [2.05, 4.69) is 9.97 Å². The maximum Gasteiger partial charge on any atom is 0.295 e. The molecule has 122 valence electrons. The van der Waals surface area contributed by atoms with Crippen LogP contribution >= 0.6 is 0 Å². The summed E-state index contributed by atoms with van der Waals surface area (Å²) in [5, 5.41) is 0. The Morgan fingerprint density at radius 1 is 1.25 bits per heavy atom. The Morgan fingerprint density at radius 3 is 2.79 bits per heavy atom. The number of imidazole rings is 1. The molecule has 2 unspecified atom stereocenters. The number of fused-ring (bicyclic) bond motifs is 1. The van der Waals surface area contributed by atoms with Crippen LogP contribution in [0.5, 0.6) is 0 Å². The van der Waals surface area contributed by atoms with Gasteiger partial charge in [0, 0.05) is 5.69 Å². The van der Waals surface area contributed by atoms with E-state index in [-0.39, 0.29) is 11.7 Å². The number of carbonyl (C=O) groups excluding carboxylic acids is 2. The lowest BCUT2D eigenvalue weighted by Gasteiger charge is -2.27. The van der Waals surface area contributed by atoms with Crippen LogP contribution in [0.4, 0.5) is 5.69 Å². The van der Waals surface area contributed by atoms with Crippen molar-refractivity contribution in [3.63, 3.8) is 0 Å². The number of nitrogens with zero attached hydrogens (tertiary/aromatic N) is 2. The molecule has 2 atom stereocenters. The number of furan rings is 1. The van der Waals surface area contributed by atoms with E-state index < -0.39 is 17.9 Å². The van der Waals surface area contributed by atoms with E-state index in [0.29, 0.717) is 11.4 Å². The van der Waals surface area contributed by atoms with E-state index in [1.165, 1.54) is 0 Å². The molecule has 1 aliphatic rings. The molecule has 0 spiro atoms. The fourth-order valence-electron chi connectivity index (χ4n) is 3.47. The normalized spacial score (nSPS) is 21.4. The third-order valence-corrected chi connectivity index (χ3v) is 4.59. The van der Waals surface area contributed by atoms with E-state index in [0.717, 1.165) is 11.0 Å². The fraction of sp³-hybridized carbons (Fsp3) is 0.278. The molecule has 0 radical (unpaired) electrons. The van der Waals surface area contributed by atoms with Gasteiger partial charge in [-0.2, -0.15) is 0 Å². The summed E-state index contributed by atoms with van der Waals surface area (Å²) in [6.45, 7) is 3.90. The summed E-state index contributed by atoms with van der Waals surface area (Å²) >= 11 is 0. The van der Waals surface area contributed by atoms with Crippen LogP contribution in [-0.4, -0.2) is 21.7 Å². The van der Waals surface area contributed by atoms with Crippen molar-refractivity contribution in [1.82, 2.24) is 9.97 Å². The molecular weight excluding hydrogens is 306 g/mol. The molecule has 2 aromatic heterocycles. The maximum atomic E-state index is 12.7. The molecule has 6 heteroatoms. The lowest BCUT2D eigenvalue weighted by Crippen LogP contribution is -2.29. The first-order chi connectivity index (χ1) is 11.6. The number of carbonyl (C=O) groups is 2. The number of benzene rings is 1. The molecule has 3 aromatic rings. The van der Waals surface area contributed by atoms with Crippen LogP contribution < -0.4 is 4.90 Å². The highest BCUT2D eigenvalue weighted by Crippen LogP contribution is 2.43. The lowest BCUT2D eigenvalue weighted by molar-refractivity contribution is -0.136. The summed E-state index contributed by atoms with van der Waals surface area (Å²) in [5.74, 6) is -0.638. The second-order valence-electron chi connectivity index (χ2n) is 6.37. The summed E-state index contributed by atoms with van der Waals surface area (Å²) in [7, 11) is 0. The van der Waals surface area contributed by atoms with Crippen molar-refractivity contribution < 1.29 is 14.0 Å². The highest BCUT2D eigenvalue weighted by molar-refractivity contribution is 6.45. The van der Waals surface area contributed by atoms with Gasteiger partial charge in [-0.05, 0) is 36.2 Å². The quantitative estimate of drug-likeness (QED) is 0.751. The Balaban J connectivity index is 1.87. The van der Waals surface area contributed by atoms with Gasteiger partial charge in [0.05, 0.1) is 29.5 Å². The molecule has 1 fully saturated rings. The summed E-state index contributed by atoms with van der Waals surface area (Å²) in [6.07, 6.45) is 3.17. The zero-order valence-electron chi connectivity index (χ0n) is 13.4. The minimum Gasteiger partial charge on any atom is -0.467 e. The predicted molar refractivity (Wildman–Crippen MR) is 88.4 cm³/mol. The first kappa shape index (κ1) is 14.7. The summed E-state index contributed by atoms with van der Waals surface area (Å²) in [5.41, 5.74) is 2.29. The van der Waals surface area contributed by atoms with E-state index in [1.807, 2.05) is 38.1 Å². The van der Waals surface area contributed by atoms with Crippen LogP contribution in [0.3, 0.4) is 0 Å². The number of rotatable bonds is 3. The minimum atomic E-state index is -0.492. The van der Waals surface area contributed by atoms with Crippen LogP contribution in [0, 0.1) is 11.8 Å². The molecule has 1 aromatic carbocycles. The van der Waals surface area contributed by atoms with E-state index in [4.69, 9.17) is 4.42 Å². The van der Waals surface area contributed by atoms with Crippen LogP contribution in [0.15, 0.2) is 47.3 Å². The van der Waals surface area contributed by atoms with Crippen molar-refractivity contribution in [3.8, 4) is 0 Å². The molecule has 6 nitrogen and oxygen atoms in total. The second kappa shape index (κ2) is 5.33. The highest BCUT2D eigenvalue weighted by Gasteiger charge is 2.51. The number of nitrogens with one attached hydrogen (secondary N) is 1. The molecule has 1 saturated heterocycles. The van der Waals surface area contributed by atoms with Gasteiger partial charge in [-0.3, -0.25) is 14.5 Å². The van der Waals surface area contributed by atoms with Crippen molar-refractivity contribution in [3.05, 3.63) is 48.7 Å². The Bertz CT molecular complexity index is 911. The summed E-state index contributed by atoms with van der Waals surface area (Å²) in [6, 6.07) is 8.64. The lowest BCUT2D eigenvalue weighted by atomic mass is 9.86. The molecule has 0 bridgehead atoms. The number of aromatic nitrogens is 2. The molecule has 1 aliphatic heterocycles. The van der Waals surface area contributed by atoms with Crippen molar-refractivity contribution in [2.75, 3.05) is 4.90 Å². The number of hydrogen-bond donors (Lipinski definition) is 1. The fourth-order valence-corrected chi connectivity index (χ4v) is 3.47. The van der Waals surface area contributed by atoms with Gasteiger partial charge in [0.2, 0.25) is 5.78 Å². The third-order valence-electron chi connectivity index (χ3n) is 4.59. The average molecular weight is 323 g/mol. The number of hydrogen-bond acceptors (Lipinski definition) is 4. The minimum absolute atomic E-state index is 0.0254. The van der Waals surface area contributed by atoms with Gasteiger partial charge in [-0.25, -0.2) is 4.98 Å². The summed E-state index contributed by atoms with van der Waals surface area (Å²) in [4.78, 5) is 34.1. The number of Topliss-reactive ketones (excluding diaryl/α,β-unsaturated/α-hetero) is 1. The number of ketones is 1. The molecule has 24 heavy (non-hydrogen) atoms. The van der Waals surface area contributed by atoms with Gasteiger partial charge in [0.25, 0.3) is 5.91 Å². The largest absolute Gasteiger partial charge is 0.467 e. The van der Waals surface area contributed by atoms with Gasteiger partial charge < -0.3 is 9.40 Å². The molecule has 4 rings (SSSR count). The van der Waals surface area contributed by atoms with Gasteiger partial charge >= 0.3 is 0 Å². The van der Waals surface area contributed by atoms with Gasteiger partial charge in [0.1, 0.15) is 11.8 Å². The summed E-state index contributed by atoms with van der Waals surface area (Å²) < 4.78 is 5.55. The predicted octanol–water partition coefficient (Wildman–Crippen LogP) is 3.09. The first-order valence-electron chi connectivity index (χ1n) is 7.92. The third kappa shape index (κ3) is 2.06. The van der Waals surface area contributed by atoms with Gasteiger partial charge in [0.15, 0.2) is 0 Å². The maximum absolute atomic E-state index is 12.7. The zero-order chi connectivity index (χ0) is 16.8. The van der Waals surface area contributed by atoms with E-state index in [1.54, 1.807) is 23.6 Å². The van der Waals surface area contributed by atoms with E-state index in [9.17, 15) is 9.59 Å². The topological polar surface area (TPSA) is 79.2 Å².